The second kappa shape index (κ2) is 8.91. The van der Waals surface area contributed by atoms with Crippen molar-refractivity contribution in [2.75, 3.05) is 0 Å². The number of aromatic amines is 1. The largest absolute Gasteiger partial charge is 0.457 e. The minimum atomic E-state index is -0.112. The fourth-order valence-electron chi connectivity index (χ4n) is 3.46. The summed E-state index contributed by atoms with van der Waals surface area (Å²) in [4.78, 5) is 27.8. The molecular formula is C25H27NO3. The van der Waals surface area contributed by atoms with Crippen molar-refractivity contribution in [3.63, 3.8) is 0 Å². The fourth-order valence-corrected chi connectivity index (χ4v) is 3.46. The van der Waals surface area contributed by atoms with Gasteiger partial charge in [0.2, 0.25) is 0 Å². The van der Waals surface area contributed by atoms with Crippen LogP contribution in [-0.2, 0) is 6.42 Å². The second-order valence-corrected chi connectivity index (χ2v) is 7.69. The fraction of sp³-hybridized carbons (Fsp3) is 0.280. The molecule has 1 aromatic heterocycles. The standard InChI is InChI=1S/C25H27NO3/c1-16(2)21-11-10-19(15-24(21)29-20-8-6-5-7-9-20)23(27)13-12-22-17(3)14-18(4)26-25(22)28/h5-11,14-16H,12-13H2,1-4H3,(H,26,28). The Morgan fingerprint density at radius 1 is 1.03 bits per heavy atom. The average Bonchev–Trinajstić information content (AvgIpc) is 2.67. The summed E-state index contributed by atoms with van der Waals surface area (Å²) in [7, 11) is 0. The van der Waals surface area contributed by atoms with E-state index in [1.54, 1.807) is 0 Å². The summed E-state index contributed by atoms with van der Waals surface area (Å²) in [6, 6.07) is 17.1. The van der Waals surface area contributed by atoms with Crippen LogP contribution in [0.4, 0.5) is 0 Å². The topological polar surface area (TPSA) is 59.2 Å². The molecule has 0 unspecified atom stereocenters. The van der Waals surface area contributed by atoms with E-state index >= 15 is 0 Å². The molecule has 3 aromatic rings. The molecule has 0 atom stereocenters. The van der Waals surface area contributed by atoms with E-state index in [2.05, 4.69) is 18.8 Å². The number of H-pyrrole nitrogens is 1. The predicted molar refractivity (Wildman–Crippen MR) is 116 cm³/mol. The van der Waals surface area contributed by atoms with Crippen LogP contribution >= 0.6 is 0 Å². The van der Waals surface area contributed by atoms with Crippen LogP contribution in [0.1, 0.15) is 58.9 Å². The van der Waals surface area contributed by atoms with Crippen LogP contribution in [0.3, 0.4) is 0 Å². The van der Waals surface area contributed by atoms with Crippen molar-refractivity contribution in [1.29, 1.82) is 0 Å². The number of para-hydroxylation sites is 1. The number of hydrogen-bond donors (Lipinski definition) is 1. The highest BCUT2D eigenvalue weighted by Crippen LogP contribution is 2.32. The minimum Gasteiger partial charge on any atom is -0.457 e. The van der Waals surface area contributed by atoms with Gasteiger partial charge in [-0.3, -0.25) is 9.59 Å². The number of carbonyl (C=O) groups is 1. The quantitative estimate of drug-likeness (QED) is 0.526. The SMILES string of the molecule is Cc1cc(C)c(CCC(=O)c2ccc(C(C)C)c(Oc3ccccc3)c2)c(=O)[nH]1. The van der Waals surface area contributed by atoms with Crippen molar-refractivity contribution < 1.29 is 9.53 Å². The molecule has 0 saturated heterocycles. The van der Waals surface area contributed by atoms with Crippen LogP contribution in [0.2, 0.25) is 0 Å². The Balaban J connectivity index is 1.82. The maximum atomic E-state index is 12.8. The number of ether oxygens (including phenoxy) is 1. The summed E-state index contributed by atoms with van der Waals surface area (Å²) >= 11 is 0. The smallest absolute Gasteiger partial charge is 0.251 e. The van der Waals surface area contributed by atoms with Gasteiger partial charge in [-0.1, -0.05) is 44.2 Å². The molecule has 0 aliphatic carbocycles. The molecule has 0 saturated carbocycles. The van der Waals surface area contributed by atoms with E-state index in [1.165, 1.54) is 0 Å². The summed E-state index contributed by atoms with van der Waals surface area (Å²) in [5, 5.41) is 0. The average molecular weight is 389 g/mol. The third-order valence-corrected chi connectivity index (χ3v) is 5.02. The zero-order valence-electron chi connectivity index (χ0n) is 17.4. The first-order valence-electron chi connectivity index (χ1n) is 9.94. The molecular weight excluding hydrogens is 362 g/mol. The molecule has 0 spiro atoms. The molecule has 0 amide bonds. The lowest BCUT2D eigenvalue weighted by Gasteiger charge is -2.15. The molecule has 4 nitrogen and oxygen atoms in total. The van der Waals surface area contributed by atoms with Gasteiger partial charge in [-0.25, -0.2) is 0 Å². The zero-order chi connectivity index (χ0) is 21.0. The number of rotatable bonds is 7. The minimum absolute atomic E-state index is 0.00223. The molecule has 0 aliphatic rings. The van der Waals surface area contributed by atoms with Crippen LogP contribution in [0.25, 0.3) is 0 Å². The van der Waals surface area contributed by atoms with Gasteiger partial charge in [-0.2, -0.15) is 0 Å². The van der Waals surface area contributed by atoms with Crippen molar-refractivity contribution in [3.8, 4) is 11.5 Å². The Labute approximate surface area is 171 Å². The van der Waals surface area contributed by atoms with Gasteiger partial charge in [-0.05, 0) is 61.6 Å². The van der Waals surface area contributed by atoms with Gasteiger partial charge in [0, 0.05) is 23.2 Å². The highest BCUT2D eigenvalue weighted by molar-refractivity contribution is 5.96. The third kappa shape index (κ3) is 5.02. The monoisotopic (exact) mass is 389 g/mol. The zero-order valence-corrected chi connectivity index (χ0v) is 17.4. The molecule has 1 N–H and O–H groups in total. The number of hydrogen-bond acceptors (Lipinski definition) is 3. The number of carbonyl (C=O) groups excluding carboxylic acids is 1. The van der Waals surface area contributed by atoms with E-state index in [4.69, 9.17) is 4.74 Å². The predicted octanol–water partition coefficient (Wildman–Crippen LogP) is 5.72. The first-order valence-corrected chi connectivity index (χ1v) is 9.94. The van der Waals surface area contributed by atoms with Gasteiger partial charge in [0.15, 0.2) is 5.78 Å². The maximum Gasteiger partial charge on any atom is 0.251 e. The van der Waals surface area contributed by atoms with Gasteiger partial charge < -0.3 is 9.72 Å². The highest BCUT2D eigenvalue weighted by atomic mass is 16.5. The second-order valence-electron chi connectivity index (χ2n) is 7.69. The van der Waals surface area contributed by atoms with Crippen LogP contribution in [0, 0.1) is 13.8 Å². The number of aromatic nitrogens is 1. The lowest BCUT2D eigenvalue weighted by Crippen LogP contribution is -2.17. The number of nitrogens with one attached hydrogen (secondary N) is 1. The van der Waals surface area contributed by atoms with Gasteiger partial charge >= 0.3 is 0 Å². The van der Waals surface area contributed by atoms with Gasteiger partial charge in [0.1, 0.15) is 11.5 Å². The third-order valence-electron chi connectivity index (χ3n) is 5.02. The van der Waals surface area contributed by atoms with E-state index in [0.717, 1.165) is 22.6 Å². The Bertz CT molecular complexity index is 1070. The number of aryl methyl sites for hydroxylation is 2. The van der Waals surface area contributed by atoms with E-state index in [1.807, 2.05) is 68.4 Å². The molecule has 150 valence electrons. The van der Waals surface area contributed by atoms with Gasteiger partial charge in [-0.15, -0.1) is 0 Å². The van der Waals surface area contributed by atoms with Crippen molar-refractivity contribution in [2.24, 2.45) is 0 Å². The summed E-state index contributed by atoms with van der Waals surface area (Å²) in [6.07, 6.45) is 0.694. The summed E-state index contributed by atoms with van der Waals surface area (Å²) in [6.45, 7) is 7.96. The number of ketones is 1. The van der Waals surface area contributed by atoms with E-state index in [-0.39, 0.29) is 23.7 Å². The normalized spacial score (nSPS) is 10.9. The van der Waals surface area contributed by atoms with E-state index in [9.17, 15) is 9.59 Å². The van der Waals surface area contributed by atoms with E-state index in [0.29, 0.717) is 23.3 Å². The van der Waals surface area contributed by atoms with Crippen LogP contribution in [0.5, 0.6) is 11.5 Å². The molecule has 1 heterocycles. The Hall–Kier alpha value is -3.14. The summed E-state index contributed by atoms with van der Waals surface area (Å²) in [5.41, 5.74) is 3.96. The van der Waals surface area contributed by atoms with Gasteiger partial charge in [0.25, 0.3) is 5.56 Å². The van der Waals surface area contributed by atoms with Crippen LogP contribution in [-0.4, -0.2) is 10.8 Å². The Morgan fingerprint density at radius 3 is 2.41 bits per heavy atom. The number of Topliss-reactive ketones (excluding diaryl/α,β-unsaturated/α-hetero) is 1. The molecule has 0 radical (unpaired) electrons. The molecule has 0 aliphatic heterocycles. The molecule has 2 aromatic carbocycles. The van der Waals surface area contributed by atoms with Crippen molar-refractivity contribution in [1.82, 2.24) is 4.98 Å². The Kier molecular flexibility index (Phi) is 6.32. The summed E-state index contributed by atoms with van der Waals surface area (Å²) < 4.78 is 6.07. The van der Waals surface area contributed by atoms with Crippen molar-refractivity contribution >= 4 is 5.78 Å². The molecule has 4 heteroatoms. The summed E-state index contributed by atoms with van der Waals surface area (Å²) in [5.74, 6) is 1.70. The first-order chi connectivity index (χ1) is 13.8. The number of benzene rings is 2. The molecule has 0 bridgehead atoms. The molecule has 0 fully saturated rings. The molecule has 3 rings (SSSR count). The van der Waals surface area contributed by atoms with Crippen LogP contribution < -0.4 is 10.3 Å². The maximum absolute atomic E-state index is 12.8. The number of pyridine rings is 1. The lowest BCUT2D eigenvalue weighted by atomic mass is 9.96. The molecule has 29 heavy (non-hydrogen) atoms. The van der Waals surface area contributed by atoms with E-state index < -0.39 is 0 Å². The first kappa shape index (κ1) is 20.6. The highest BCUT2D eigenvalue weighted by Gasteiger charge is 2.15. The van der Waals surface area contributed by atoms with Gasteiger partial charge in [0.05, 0.1) is 0 Å². The van der Waals surface area contributed by atoms with Crippen molar-refractivity contribution in [2.45, 2.75) is 46.5 Å². The lowest BCUT2D eigenvalue weighted by molar-refractivity contribution is 0.0982. The van der Waals surface area contributed by atoms with Crippen LogP contribution in [0.15, 0.2) is 59.4 Å². The Morgan fingerprint density at radius 2 is 1.76 bits per heavy atom. The van der Waals surface area contributed by atoms with Crippen molar-refractivity contribution in [3.05, 3.63) is 92.9 Å².